The number of benzene rings is 4. The Balaban J connectivity index is 1.52. The summed E-state index contributed by atoms with van der Waals surface area (Å²) in [6.07, 6.45) is 2.80. The van der Waals surface area contributed by atoms with Crippen LogP contribution in [0, 0.1) is 0 Å². The van der Waals surface area contributed by atoms with E-state index in [1.165, 1.54) is 33.0 Å². The standard InChI is InChI=1S/C31H21BrN2O/c32-23-7-5-6-20(16-23)26-17-22-13-15-35-30(22)19-27(26)21-11-12-25-24-8-1-2-9-28(24)34(29(25)18-21)31-10-3-4-14-33-31/h1-12,14,16-19H,13,15H2. The first-order chi connectivity index (χ1) is 17.3. The molecule has 3 nitrogen and oxygen atoms in total. The Kier molecular flexibility index (Phi) is 4.74. The molecule has 1 aliphatic rings. The molecule has 0 unspecified atom stereocenters. The third-order valence-corrected chi connectivity index (χ3v) is 7.32. The Bertz CT molecular complexity index is 1740. The molecule has 0 amide bonds. The highest BCUT2D eigenvalue weighted by atomic mass is 79.9. The fourth-order valence-corrected chi connectivity index (χ4v) is 5.63. The lowest BCUT2D eigenvalue weighted by atomic mass is 9.91. The zero-order valence-corrected chi connectivity index (χ0v) is 20.5. The van der Waals surface area contributed by atoms with Crippen LogP contribution < -0.4 is 4.74 Å². The molecule has 0 saturated heterocycles. The van der Waals surface area contributed by atoms with Crippen molar-refractivity contribution < 1.29 is 4.74 Å². The van der Waals surface area contributed by atoms with Crippen LogP contribution in [0.1, 0.15) is 5.56 Å². The number of ether oxygens (including phenoxy) is 1. The van der Waals surface area contributed by atoms with E-state index in [2.05, 4.69) is 110 Å². The monoisotopic (exact) mass is 516 g/mol. The van der Waals surface area contributed by atoms with Gasteiger partial charge in [0.15, 0.2) is 0 Å². The number of hydrogen-bond acceptors (Lipinski definition) is 2. The van der Waals surface area contributed by atoms with Crippen LogP contribution in [0.25, 0.3) is 49.9 Å². The number of rotatable bonds is 3. The molecule has 0 spiro atoms. The largest absolute Gasteiger partial charge is 0.493 e. The van der Waals surface area contributed by atoms with Crippen LogP contribution in [0.4, 0.5) is 0 Å². The van der Waals surface area contributed by atoms with Crippen molar-refractivity contribution in [2.45, 2.75) is 6.42 Å². The minimum absolute atomic E-state index is 0.740. The highest BCUT2D eigenvalue weighted by molar-refractivity contribution is 9.10. The van der Waals surface area contributed by atoms with Crippen molar-refractivity contribution in [1.82, 2.24) is 9.55 Å². The molecule has 1 aliphatic heterocycles. The molecule has 0 bridgehead atoms. The van der Waals surface area contributed by atoms with Crippen molar-refractivity contribution in [1.29, 1.82) is 0 Å². The molecular weight excluding hydrogens is 496 g/mol. The molecule has 0 fully saturated rings. The first-order valence-corrected chi connectivity index (χ1v) is 12.6. The Labute approximate surface area is 211 Å². The molecule has 2 aromatic heterocycles. The van der Waals surface area contributed by atoms with Gasteiger partial charge in [-0.3, -0.25) is 4.57 Å². The first-order valence-electron chi connectivity index (χ1n) is 11.8. The van der Waals surface area contributed by atoms with E-state index in [-0.39, 0.29) is 0 Å². The van der Waals surface area contributed by atoms with E-state index in [9.17, 15) is 0 Å². The van der Waals surface area contributed by atoms with Crippen molar-refractivity contribution in [2.75, 3.05) is 6.61 Å². The first kappa shape index (κ1) is 20.5. The second-order valence-corrected chi connectivity index (χ2v) is 9.80. The summed E-state index contributed by atoms with van der Waals surface area (Å²) in [7, 11) is 0. The second kappa shape index (κ2) is 8.10. The van der Waals surface area contributed by atoms with E-state index in [4.69, 9.17) is 4.74 Å². The highest BCUT2D eigenvalue weighted by Crippen LogP contribution is 2.42. The maximum Gasteiger partial charge on any atom is 0.137 e. The van der Waals surface area contributed by atoms with Gasteiger partial charge in [-0.15, -0.1) is 0 Å². The number of pyridine rings is 1. The predicted molar refractivity (Wildman–Crippen MR) is 146 cm³/mol. The number of para-hydroxylation sites is 1. The number of nitrogens with zero attached hydrogens (tertiary/aromatic N) is 2. The smallest absolute Gasteiger partial charge is 0.137 e. The van der Waals surface area contributed by atoms with Gasteiger partial charge in [0.05, 0.1) is 17.6 Å². The summed E-state index contributed by atoms with van der Waals surface area (Å²) in [4.78, 5) is 4.68. The molecule has 0 radical (unpaired) electrons. The topological polar surface area (TPSA) is 27.1 Å². The Morgan fingerprint density at radius 1 is 0.714 bits per heavy atom. The van der Waals surface area contributed by atoms with Crippen LogP contribution in [0.5, 0.6) is 5.75 Å². The van der Waals surface area contributed by atoms with Gasteiger partial charge in [0, 0.05) is 27.9 Å². The molecule has 7 rings (SSSR count). The summed E-state index contributed by atoms with van der Waals surface area (Å²) < 4.78 is 9.31. The maximum atomic E-state index is 5.98. The molecule has 168 valence electrons. The second-order valence-electron chi connectivity index (χ2n) is 8.89. The van der Waals surface area contributed by atoms with Gasteiger partial charge in [0.25, 0.3) is 0 Å². The van der Waals surface area contributed by atoms with Gasteiger partial charge in [0.1, 0.15) is 11.6 Å². The van der Waals surface area contributed by atoms with Crippen molar-refractivity contribution >= 4 is 37.7 Å². The minimum Gasteiger partial charge on any atom is -0.493 e. The quantitative estimate of drug-likeness (QED) is 0.237. The van der Waals surface area contributed by atoms with Crippen molar-refractivity contribution in [3.63, 3.8) is 0 Å². The summed E-state index contributed by atoms with van der Waals surface area (Å²) in [5, 5.41) is 2.45. The third kappa shape index (κ3) is 3.36. The Morgan fingerprint density at radius 2 is 1.54 bits per heavy atom. The van der Waals surface area contributed by atoms with E-state index >= 15 is 0 Å². The van der Waals surface area contributed by atoms with Gasteiger partial charge in [-0.2, -0.15) is 0 Å². The number of halogens is 1. The molecule has 4 aromatic carbocycles. The van der Waals surface area contributed by atoms with Crippen LogP contribution in [0.15, 0.2) is 108 Å². The molecule has 3 heterocycles. The zero-order valence-electron chi connectivity index (χ0n) is 18.9. The number of hydrogen-bond donors (Lipinski definition) is 0. The lowest BCUT2D eigenvalue weighted by Gasteiger charge is -2.14. The molecule has 0 N–H and O–H groups in total. The number of fused-ring (bicyclic) bond motifs is 4. The van der Waals surface area contributed by atoms with E-state index in [0.29, 0.717) is 0 Å². The SMILES string of the molecule is Brc1cccc(-c2cc3c(cc2-c2ccc4c5ccccc5n(-c5ccccn5)c4c2)OCC3)c1. The molecular formula is C31H21BrN2O. The minimum atomic E-state index is 0.740. The average Bonchev–Trinajstić information content (AvgIpc) is 3.50. The Hall–Kier alpha value is -3.89. The maximum absolute atomic E-state index is 5.98. The van der Waals surface area contributed by atoms with Crippen molar-refractivity contribution in [3.8, 4) is 33.8 Å². The van der Waals surface area contributed by atoms with E-state index in [1.807, 2.05) is 18.3 Å². The van der Waals surface area contributed by atoms with Crippen molar-refractivity contribution in [3.05, 3.63) is 113 Å². The lowest BCUT2D eigenvalue weighted by Crippen LogP contribution is -1.96. The highest BCUT2D eigenvalue weighted by Gasteiger charge is 2.20. The fraction of sp³-hybridized carbons (Fsp3) is 0.0645. The molecule has 35 heavy (non-hydrogen) atoms. The van der Waals surface area contributed by atoms with E-state index in [0.717, 1.165) is 45.7 Å². The van der Waals surface area contributed by atoms with Gasteiger partial charge in [-0.05, 0) is 76.3 Å². The average molecular weight is 517 g/mol. The van der Waals surface area contributed by atoms with Crippen LogP contribution >= 0.6 is 15.9 Å². The zero-order chi connectivity index (χ0) is 23.4. The number of aromatic nitrogens is 2. The lowest BCUT2D eigenvalue weighted by molar-refractivity contribution is 0.357. The summed E-state index contributed by atoms with van der Waals surface area (Å²) >= 11 is 3.66. The van der Waals surface area contributed by atoms with Crippen LogP contribution in [-0.4, -0.2) is 16.2 Å². The molecule has 4 heteroatoms. The summed E-state index contributed by atoms with van der Waals surface area (Å²) in [6.45, 7) is 0.740. The third-order valence-electron chi connectivity index (χ3n) is 6.83. The molecule has 6 aromatic rings. The van der Waals surface area contributed by atoms with Gasteiger partial charge in [-0.1, -0.05) is 64.5 Å². The fourth-order valence-electron chi connectivity index (χ4n) is 5.23. The van der Waals surface area contributed by atoms with Crippen LogP contribution in [0.3, 0.4) is 0 Å². The normalized spacial score (nSPS) is 12.7. The predicted octanol–water partition coefficient (Wildman–Crippen LogP) is 8.21. The molecule has 0 aliphatic carbocycles. The molecule has 0 saturated carbocycles. The van der Waals surface area contributed by atoms with Gasteiger partial charge >= 0.3 is 0 Å². The van der Waals surface area contributed by atoms with Crippen LogP contribution in [-0.2, 0) is 6.42 Å². The van der Waals surface area contributed by atoms with Crippen molar-refractivity contribution in [2.24, 2.45) is 0 Å². The van der Waals surface area contributed by atoms with Crippen LogP contribution in [0.2, 0.25) is 0 Å². The Morgan fingerprint density at radius 3 is 2.43 bits per heavy atom. The summed E-state index contributed by atoms with van der Waals surface area (Å²) in [6, 6.07) is 34.4. The van der Waals surface area contributed by atoms with Gasteiger partial charge < -0.3 is 4.74 Å². The molecule has 0 atom stereocenters. The van der Waals surface area contributed by atoms with Gasteiger partial charge in [-0.25, -0.2) is 4.98 Å². The summed E-state index contributed by atoms with van der Waals surface area (Å²) in [5.74, 6) is 1.91. The summed E-state index contributed by atoms with van der Waals surface area (Å²) in [5.41, 5.74) is 8.30. The van der Waals surface area contributed by atoms with Gasteiger partial charge in [0.2, 0.25) is 0 Å². The van der Waals surface area contributed by atoms with E-state index < -0.39 is 0 Å². The van der Waals surface area contributed by atoms with E-state index in [1.54, 1.807) is 0 Å².